The lowest BCUT2D eigenvalue weighted by molar-refractivity contribution is 0.0945. The van der Waals surface area contributed by atoms with Crippen molar-refractivity contribution in [1.82, 2.24) is 25.7 Å². The number of carbonyl (C=O) groups is 1. The Morgan fingerprint density at radius 3 is 2.94 bits per heavy atom. The van der Waals surface area contributed by atoms with Crippen LogP contribution in [0.4, 0.5) is 0 Å². The van der Waals surface area contributed by atoms with Gasteiger partial charge in [0.05, 0.1) is 6.20 Å². The number of H-pyrrole nitrogens is 1. The maximum atomic E-state index is 11.6. The van der Waals surface area contributed by atoms with Crippen LogP contribution < -0.4 is 5.32 Å². The van der Waals surface area contributed by atoms with Crippen molar-refractivity contribution in [3.05, 3.63) is 40.9 Å². The summed E-state index contributed by atoms with van der Waals surface area (Å²) in [5, 5.41) is 16.6. The molecular formula is C9H8ClN5O. The third kappa shape index (κ3) is 2.54. The minimum Gasteiger partial charge on any atom is -0.346 e. The molecule has 7 heteroatoms. The number of hydrogen-bond acceptors (Lipinski definition) is 4. The van der Waals surface area contributed by atoms with Gasteiger partial charge in [-0.1, -0.05) is 11.6 Å². The molecule has 2 N–H and O–H groups in total. The summed E-state index contributed by atoms with van der Waals surface area (Å²) in [4.78, 5) is 11.6. The molecule has 0 fully saturated rings. The average molecular weight is 238 g/mol. The van der Waals surface area contributed by atoms with Crippen LogP contribution in [0.1, 0.15) is 16.1 Å². The summed E-state index contributed by atoms with van der Waals surface area (Å²) >= 11 is 5.56. The van der Waals surface area contributed by atoms with Gasteiger partial charge in [-0.05, 0) is 12.1 Å². The second kappa shape index (κ2) is 4.71. The second-order valence-electron chi connectivity index (χ2n) is 3.03. The molecule has 2 aromatic rings. The molecule has 2 heterocycles. The van der Waals surface area contributed by atoms with Gasteiger partial charge in [0.25, 0.3) is 5.91 Å². The summed E-state index contributed by atoms with van der Waals surface area (Å²) in [5.74, 6) is -0.301. The summed E-state index contributed by atoms with van der Waals surface area (Å²) in [7, 11) is 0. The molecule has 0 aliphatic heterocycles. The van der Waals surface area contributed by atoms with Crippen molar-refractivity contribution in [2.75, 3.05) is 0 Å². The predicted octanol–water partition coefficient (Wildman–Crippen LogP) is 0.783. The molecule has 0 spiro atoms. The topological polar surface area (TPSA) is 83.6 Å². The Bertz CT molecular complexity index is 467. The second-order valence-corrected chi connectivity index (χ2v) is 3.42. The summed E-state index contributed by atoms with van der Waals surface area (Å²) in [5.41, 5.74) is 1.11. The molecule has 2 aromatic heterocycles. The maximum absolute atomic E-state index is 11.6. The van der Waals surface area contributed by atoms with E-state index in [-0.39, 0.29) is 16.8 Å². The Balaban J connectivity index is 1.95. The van der Waals surface area contributed by atoms with Gasteiger partial charge in [-0.3, -0.25) is 9.89 Å². The van der Waals surface area contributed by atoms with Crippen LogP contribution in [0, 0.1) is 0 Å². The summed E-state index contributed by atoms with van der Waals surface area (Å²) < 4.78 is 0. The fourth-order valence-electron chi connectivity index (χ4n) is 1.08. The van der Waals surface area contributed by atoms with Crippen LogP contribution in [0.5, 0.6) is 0 Å². The minimum atomic E-state index is -0.301. The Morgan fingerprint density at radius 1 is 1.44 bits per heavy atom. The number of aromatic amines is 1. The molecule has 1 amide bonds. The zero-order valence-corrected chi connectivity index (χ0v) is 8.90. The van der Waals surface area contributed by atoms with Gasteiger partial charge >= 0.3 is 0 Å². The van der Waals surface area contributed by atoms with E-state index in [1.807, 2.05) is 0 Å². The van der Waals surface area contributed by atoms with E-state index >= 15 is 0 Å². The van der Waals surface area contributed by atoms with E-state index in [0.717, 1.165) is 5.56 Å². The van der Waals surface area contributed by atoms with E-state index in [1.165, 1.54) is 12.1 Å². The van der Waals surface area contributed by atoms with Crippen LogP contribution in [0.15, 0.2) is 24.5 Å². The Kier molecular flexibility index (Phi) is 3.11. The van der Waals surface area contributed by atoms with Crippen LogP contribution in [-0.4, -0.2) is 26.3 Å². The lowest BCUT2D eigenvalue weighted by Gasteiger charge is -2.01. The van der Waals surface area contributed by atoms with E-state index < -0.39 is 0 Å². The fraction of sp³-hybridized carbons (Fsp3) is 0.111. The zero-order valence-electron chi connectivity index (χ0n) is 8.14. The SMILES string of the molecule is O=C(NCc1cn[nH]c1)c1ccc(Cl)nn1. The molecule has 0 unspecified atom stereocenters. The van der Waals surface area contributed by atoms with Crippen LogP contribution in [0.3, 0.4) is 0 Å². The molecular weight excluding hydrogens is 230 g/mol. The highest BCUT2D eigenvalue weighted by Gasteiger charge is 2.07. The van der Waals surface area contributed by atoms with Crippen molar-refractivity contribution < 1.29 is 4.79 Å². The van der Waals surface area contributed by atoms with Gasteiger partial charge in [0.15, 0.2) is 10.8 Å². The molecule has 16 heavy (non-hydrogen) atoms. The standard InChI is InChI=1S/C9H8ClN5O/c10-8-2-1-7(14-15-8)9(16)11-3-6-4-12-13-5-6/h1-2,4-5H,3H2,(H,11,16)(H,12,13). The lowest BCUT2D eigenvalue weighted by atomic mass is 10.3. The van der Waals surface area contributed by atoms with Crippen LogP contribution in [0.25, 0.3) is 0 Å². The number of rotatable bonds is 3. The highest BCUT2D eigenvalue weighted by atomic mass is 35.5. The van der Waals surface area contributed by atoms with Gasteiger partial charge in [0.2, 0.25) is 0 Å². The van der Waals surface area contributed by atoms with Gasteiger partial charge in [-0.15, -0.1) is 10.2 Å². The first kappa shape index (κ1) is 10.6. The number of amides is 1. The minimum absolute atomic E-state index is 0.230. The van der Waals surface area contributed by atoms with E-state index in [4.69, 9.17) is 11.6 Å². The molecule has 0 aliphatic rings. The molecule has 0 aromatic carbocycles. The number of nitrogens with one attached hydrogen (secondary N) is 2. The maximum Gasteiger partial charge on any atom is 0.272 e. The van der Waals surface area contributed by atoms with Crippen molar-refractivity contribution in [1.29, 1.82) is 0 Å². The first-order chi connectivity index (χ1) is 7.75. The van der Waals surface area contributed by atoms with E-state index in [0.29, 0.717) is 6.54 Å². The van der Waals surface area contributed by atoms with Crippen LogP contribution in [0.2, 0.25) is 5.15 Å². The quantitative estimate of drug-likeness (QED) is 0.827. The third-order valence-electron chi connectivity index (χ3n) is 1.87. The highest BCUT2D eigenvalue weighted by molar-refractivity contribution is 6.29. The summed E-state index contributed by atoms with van der Waals surface area (Å²) in [6.45, 7) is 0.389. The van der Waals surface area contributed by atoms with Crippen molar-refractivity contribution >= 4 is 17.5 Å². The van der Waals surface area contributed by atoms with Crippen LogP contribution in [-0.2, 0) is 6.54 Å². The lowest BCUT2D eigenvalue weighted by Crippen LogP contribution is -2.23. The van der Waals surface area contributed by atoms with Gasteiger partial charge in [-0.25, -0.2) is 0 Å². The normalized spacial score (nSPS) is 10.1. The largest absolute Gasteiger partial charge is 0.346 e. The molecule has 0 aliphatic carbocycles. The van der Waals surface area contributed by atoms with Crippen molar-refractivity contribution in [2.24, 2.45) is 0 Å². The number of carbonyl (C=O) groups excluding carboxylic acids is 1. The summed E-state index contributed by atoms with van der Waals surface area (Å²) in [6, 6.07) is 3.03. The van der Waals surface area contributed by atoms with Crippen molar-refractivity contribution in [2.45, 2.75) is 6.54 Å². The predicted molar refractivity (Wildman–Crippen MR) is 56.8 cm³/mol. The van der Waals surface area contributed by atoms with E-state index in [9.17, 15) is 4.79 Å². The third-order valence-corrected chi connectivity index (χ3v) is 2.07. The number of hydrogen-bond donors (Lipinski definition) is 2. The van der Waals surface area contributed by atoms with Gasteiger partial charge < -0.3 is 5.32 Å². The molecule has 2 rings (SSSR count). The molecule has 0 atom stereocenters. The number of nitrogens with zero attached hydrogens (tertiary/aromatic N) is 3. The van der Waals surface area contributed by atoms with E-state index in [1.54, 1.807) is 12.4 Å². The van der Waals surface area contributed by atoms with E-state index in [2.05, 4.69) is 25.7 Å². The molecule has 6 nitrogen and oxygen atoms in total. The number of halogens is 1. The average Bonchev–Trinajstić information content (AvgIpc) is 2.80. The summed E-state index contributed by atoms with van der Waals surface area (Å²) in [6.07, 6.45) is 3.33. The first-order valence-corrected chi connectivity index (χ1v) is 4.88. The molecule has 0 saturated heterocycles. The Morgan fingerprint density at radius 2 is 2.31 bits per heavy atom. The zero-order chi connectivity index (χ0) is 11.4. The van der Waals surface area contributed by atoms with Gasteiger partial charge in [0.1, 0.15) is 0 Å². The number of aromatic nitrogens is 4. The first-order valence-electron chi connectivity index (χ1n) is 4.51. The van der Waals surface area contributed by atoms with Gasteiger partial charge in [-0.2, -0.15) is 5.10 Å². The monoisotopic (exact) mass is 237 g/mol. The molecule has 0 bridgehead atoms. The Labute approximate surface area is 96.0 Å². The highest BCUT2D eigenvalue weighted by Crippen LogP contribution is 2.02. The smallest absolute Gasteiger partial charge is 0.272 e. The van der Waals surface area contributed by atoms with Gasteiger partial charge in [0, 0.05) is 18.3 Å². The molecule has 0 saturated carbocycles. The van der Waals surface area contributed by atoms with Crippen molar-refractivity contribution in [3.63, 3.8) is 0 Å². The Hall–Kier alpha value is -1.95. The molecule has 0 radical (unpaired) electrons. The van der Waals surface area contributed by atoms with Crippen LogP contribution >= 0.6 is 11.6 Å². The van der Waals surface area contributed by atoms with Crippen molar-refractivity contribution in [3.8, 4) is 0 Å². The fourth-order valence-corrected chi connectivity index (χ4v) is 1.19. The molecule has 82 valence electrons.